The fraction of sp³-hybridized carbons (Fsp3) is 0.750. The van der Waals surface area contributed by atoms with Gasteiger partial charge in [0.1, 0.15) is 6.61 Å². The van der Waals surface area contributed by atoms with Gasteiger partial charge in [-0.3, -0.25) is 9.59 Å². The second-order valence-corrected chi connectivity index (χ2v) is 9.83. The Bertz CT molecular complexity index is 698. The van der Waals surface area contributed by atoms with Crippen LogP contribution in [0.25, 0.3) is 0 Å². The molecule has 2 rings (SSSR count). The maximum atomic E-state index is 11.5. The first-order valence-electron chi connectivity index (χ1n) is 10.9. The van der Waals surface area contributed by atoms with E-state index < -0.39 is 17.6 Å². The molecule has 0 aromatic carbocycles. The van der Waals surface area contributed by atoms with Gasteiger partial charge in [-0.05, 0) is 67.9 Å². The van der Waals surface area contributed by atoms with Crippen LogP contribution in [0.3, 0.4) is 0 Å². The fourth-order valence-corrected chi connectivity index (χ4v) is 5.88. The smallest absolute Gasteiger partial charge is 0.302 e. The molecular weight excluding hydrogens is 384 g/mol. The van der Waals surface area contributed by atoms with Crippen molar-refractivity contribution in [2.75, 3.05) is 13.2 Å². The second-order valence-electron chi connectivity index (χ2n) is 9.83. The molecule has 0 aromatic rings. The number of aliphatic hydroxyl groups excluding tert-OH is 2. The molecule has 2 aliphatic rings. The van der Waals surface area contributed by atoms with Crippen molar-refractivity contribution in [3.63, 3.8) is 0 Å². The maximum absolute atomic E-state index is 11.5. The molecule has 0 radical (unpaired) electrons. The summed E-state index contributed by atoms with van der Waals surface area (Å²) in [5.74, 6) is -0.496. The third kappa shape index (κ3) is 5.52. The Labute approximate surface area is 180 Å². The lowest BCUT2D eigenvalue weighted by molar-refractivity contribution is -0.167. The minimum atomic E-state index is -0.606. The first-order valence-corrected chi connectivity index (χ1v) is 10.9. The molecule has 2 aliphatic carbocycles. The minimum Gasteiger partial charge on any atom is -0.465 e. The van der Waals surface area contributed by atoms with E-state index in [9.17, 15) is 19.8 Å². The van der Waals surface area contributed by atoms with Crippen molar-refractivity contribution in [1.29, 1.82) is 0 Å². The van der Waals surface area contributed by atoms with E-state index in [4.69, 9.17) is 9.47 Å². The van der Waals surface area contributed by atoms with Gasteiger partial charge in [0.05, 0.1) is 18.8 Å². The first kappa shape index (κ1) is 24.6. The zero-order valence-corrected chi connectivity index (χ0v) is 19.1. The third-order valence-electron chi connectivity index (χ3n) is 7.30. The number of carbonyl (C=O) groups is 2. The number of carbonyl (C=O) groups excluding carboxylic acids is 2. The zero-order chi connectivity index (χ0) is 22.7. The summed E-state index contributed by atoms with van der Waals surface area (Å²) >= 11 is 0. The van der Waals surface area contributed by atoms with Crippen LogP contribution in [0, 0.1) is 22.7 Å². The summed E-state index contributed by atoms with van der Waals surface area (Å²) in [6.07, 6.45) is 4.15. The van der Waals surface area contributed by atoms with Crippen molar-refractivity contribution < 1.29 is 29.3 Å². The molecule has 0 spiro atoms. The largest absolute Gasteiger partial charge is 0.465 e. The summed E-state index contributed by atoms with van der Waals surface area (Å²) in [6.45, 7) is 13.8. The average Bonchev–Trinajstić information content (AvgIpc) is 2.61. The van der Waals surface area contributed by atoms with Crippen LogP contribution in [0.4, 0.5) is 0 Å². The molecule has 0 bridgehead atoms. The van der Waals surface area contributed by atoms with Gasteiger partial charge in [-0.1, -0.05) is 26.0 Å². The first-order chi connectivity index (χ1) is 13.9. The highest BCUT2D eigenvalue weighted by molar-refractivity contribution is 5.66. The van der Waals surface area contributed by atoms with Crippen LogP contribution in [-0.4, -0.2) is 47.6 Å². The molecule has 0 aliphatic heterocycles. The van der Waals surface area contributed by atoms with Crippen molar-refractivity contribution in [2.24, 2.45) is 22.7 Å². The monoisotopic (exact) mass is 422 g/mol. The van der Waals surface area contributed by atoms with Gasteiger partial charge in [-0.25, -0.2) is 0 Å². The Morgan fingerprint density at radius 2 is 1.77 bits per heavy atom. The van der Waals surface area contributed by atoms with Crippen LogP contribution in [0.5, 0.6) is 0 Å². The van der Waals surface area contributed by atoms with Crippen molar-refractivity contribution in [3.05, 3.63) is 23.8 Å². The minimum absolute atomic E-state index is 0.0370. The van der Waals surface area contributed by atoms with E-state index in [0.29, 0.717) is 19.3 Å². The Morgan fingerprint density at radius 3 is 2.37 bits per heavy atom. The number of ether oxygens (including phenoxy) is 2. The van der Waals surface area contributed by atoms with Crippen molar-refractivity contribution in [1.82, 2.24) is 0 Å². The number of rotatable bonds is 7. The van der Waals surface area contributed by atoms with Gasteiger partial charge in [-0.2, -0.15) is 0 Å². The fourth-order valence-electron chi connectivity index (χ4n) is 5.88. The number of aliphatic hydroxyl groups is 2. The molecule has 0 heterocycles. The SMILES string of the molecule is C=C1C(O)CC2C(C)(COC(C)=O)CC(O)CC2(C)C1CCC(C)=CCOC(C)=O. The van der Waals surface area contributed by atoms with Gasteiger partial charge in [0.25, 0.3) is 0 Å². The number of allylic oxidation sites excluding steroid dienone is 1. The number of hydrogen-bond donors (Lipinski definition) is 2. The Kier molecular flexibility index (Phi) is 7.91. The topological polar surface area (TPSA) is 93.1 Å². The van der Waals surface area contributed by atoms with Crippen LogP contribution in [-0.2, 0) is 19.1 Å². The molecule has 6 atom stereocenters. The van der Waals surface area contributed by atoms with E-state index in [1.54, 1.807) is 0 Å². The standard InChI is InChI=1S/C24H38O6/c1-15(9-10-29-17(3)25)7-8-20-16(2)21(28)11-22-23(5,14-30-18(4)26)12-19(27)13-24(20,22)6/h9,19-22,27-28H,2,7-8,10-14H2,1,3-6H3. The molecule has 30 heavy (non-hydrogen) atoms. The highest BCUT2D eigenvalue weighted by Gasteiger charge is 2.58. The highest BCUT2D eigenvalue weighted by Crippen LogP contribution is 2.62. The van der Waals surface area contributed by atoms with Gasteiger partial charge < -0.3 is 19.7 Å². The average molecular weight is 423 g/mol. The van der Waals surface area contributed by atoms with Crippen LogP contribution >= 0.6 is 0 Å². The van der Waals surface area contributed by atoms with Gasteiger partial charge >= 0.3 is 11.9 Å². The molecule has 0 saturated heterocycles. The van der Waals surface area contributed by atoms with Gasteiger partial charge in [0.2, 0.25) is 0 Å². The van der Waals surface area contributed by atoms with Crippen LogP contribution < -0.4 is 0 Å². The van der Waals surface area contributed by atoms with Gasteiger partial charge in [0, 0.05) is 19.3 Å². The summed E-state index contributed by atoms with van der Waals surface area (Å²) in [5.41, 5.74) is 1.28. The molecule has 0 amide bonds. The van der Waals surface area contributed by atoms with Crippen LogP contribution in [0.2, 0.25) is 0 Å². The number of esters is 2. The van der Waals surface area contributed by atoms with Crippen LogP contribution in [0.15, 0.2) is 23.8 Å². The molecule has 2 fully saturated rings. The van der Waals surface area contributed by atoms with Crippen molar-refractivity contribution in [3.8, 4) is 0 Å². The molecule has 6 heteroatoms. The highest BCUT2D eigenvalue weighted by atomic mass is 16.5. The Hall–Kier alpha value is -1.66. The molecule has 6 nitrogen and oxygen atoms in total. The van der Waals surface area contributed by atoms with Gasteiger partial charge in [0.15, 0.2) is 0 Å². The number of fused-ring (bicyclic) bond motifs is 1. The molecule has 170 valence electrons. The predicted molar refractivity (Wildman–Crippen MR) is 114 cm³/mol. The van der Waals surface area contributed by atoms with Crippen LogP contribution in [0.1, 0.15) is 66.7 Å². The predicted octanol–water partition coefficient (Wildman–Crippen LogP) is 3.56. The summed E-state index contributed by atoms with van der Waals surface area (Å²) in [4.78, 5) is 22.4. The zero-order valence-electron chi connectivity index (χ0n) is 19.1. The van der Waals surface area contributed by atoms with E-state index >= 15 is 0 Å². The normalized spacial score (nSPS) is 36.8. The molecule has 0 aromatic heterocycles. The summed E-state index contributed by atoms with van der Waals surface area (Å²) in [6, 6.07) is 0. The summed E-state index contributed by atoms with van der Waals surface area (Å²) in [5, 5.41) is 21.5. The number of hydrogen-bond acceptors (Lipinski definition) is 6. The second kappa shape index (κ2) is 9.65. The molecule has 2 saturated carbocycles. The lowest BCUT2D eigenvalue weighted by atomic mass is 9.45. The van der Waals surface area contributed by atoms with E-state index in [0.717, 1.165) is 24.0 Å². The third-order valence-corrected chi connectivity index (χ3v) is 7.30. The molecule has 2 N–H and O–H groups in total. The Morgan fingerprint density at radius 1 is 1.13 bits per heavy atom. The Balaban J connectivity index is 2.23. The summed E-state index contributed by atoms with van der Waals surface area (Å²) in [7, 11) is 0. The molecule has 6 unspecified atom stereocenters. The van der Waals surface area contributed by atoms with Crippen molar-refractivity contribution in [2.45, 2.75) is 78.9 Å². The lowest BCUT2D eigenvalue weighted by Crippen LogP contribution is -2.58. The quantitative estimate of drug-likeness (QED) is 0.481. The summed E-state index contributed by atoms with van der Waals surface area (Å²) < 4.78 is 10.4. The van der Waals surface area contributed by atoms with E-state index in [1.165, 1.54) is 13.8 Å². The van der Waals surface area contributed by atoms with Gasteiger partial charge in [-0.15, -0.1) is 0 Å². The lowest BCUT2D eigenvalue weighted by Gasteiger charge is -2.60. The van der Waals surface area contributed by atoms with Crippen molar-refractivity contribution >= 4 is 11.9 Å². The maximum Gasteiger partial charge on any atom is 0.302 e. The molecular formula is C24H38O6. The van der Waals surface area contributed by atoms with E-state index in [-0.39, 0.29) is 42.4 Å². The van der Waals surface area contributed by atoms with E-state index in [1.807, 2.05) is 13.0 Å². The van der Waals surface area contributed by atoms with E-state index in [2.05, 4.69) is 20.4 Å².